The van der Waals surface area contributed by atoms with Crippen LogP contribution in [0.4, 0.5) is 0 Å². The second kappa shape index (κ2) is 5.99. The van der Waals surface area contributed by atoms with Gasteiger partial charge in [-0.3, -0.25) is 4.90 Å². The number of carboxylic acids is 1. The van der Waals surface area contributed by atoms with Gasteiger partial charge in [0, 0.05) is 41.7 Å². The molecule has 2 heterocycles. The van der Waals surface area contributed by atoms with Gasteiger partial charge in [0.15, 0.2) is 0 Å². The topological polar surface area (TPSA) is 53.7 Å². The van der Waals surface area contributed by atoms with E-state index in [4.69, 9.17) is 21.1 Å². The van der Waals surface area contributed by atoms with Crippen LogP contribution in [0.25, 0.3) is 17.0 Å². The van der Waals surface area contributed by atoms with Crippen molar-refractivity contribution in [1.29, 1.82) is 0 Å². The van der Waals surface area contributed by atoms with E-state index in [-0.39, 0.29) is 0 Å². The van der Waals surface area contributed by atoms with Crippen molar-refractivity contribution in [2.24, 2.45) is 0 Å². The summed E-state index contributed by atoms with van der Waals surface area (Å²) in [6.07, 6.45) is 5.30. The third-order valence-corrected chi connectivity index (χ3v) is 4.22. The zero-order valence-electron chi connectivity index (χ0n) is 12.0. The second-order valence-corrected chi connectivity index (χ2v) is 5.70. The highest BCUT2D eigenvalue weighted by molar-refractivity contribution is 6.32. The zero-order chi connectivity index (χ0) is 15.7. The molecule has 1 aliphatic rings. The fourth-order valence-electron chi connectivity index (χ4n) is 2.91. The van der Waals surface area contributed by atoms with Crippen LogP contribution in [-0.4, -0.2) is 29.1 Å². The highest BCUT2D eigenvalue weighted by Crippen LogP contribution is 2.36. The van der Waals surface area contributed by atoms with Crippen molar-refractivity contribution < 1.29 is 14.3 Å². The molecule has 0 amide bonds. The molecule has 5 heteroatoms. The van der Waals surface area contributed by atoms with Gasteiger partial charge < -0.3 is 9.52 Å². The molecule has 1 aliphatic heterocycles. The zero-order valence-corrected chi connectivity index (χ0v) is 12.8. The Hall–Kier alpha value is -2.04. The van der Waals surface area contributed by atoms with Crippen molar-refractivity contribution in [3.8, 4) is 0 Å². The lowest BCUT2D eigenvalue weighted by Gasteiger charge is -2.17. The third kappa shape index (κ3) is 2.67. The molecule has 2 aromatic rings. The summed E-state index contributed by atoms with van der Waals surface area (Å²) in [7, 11) is 0. The summed E-state index contributed by atoms with van der Waals surface area (Å²) in [6, 6.07) is 3.67. The number of benzene rings is 1. The van der Waals surface area contributed by atoms with Crippen molar-refractivity contribution >= 4 is 34.6 Å². The van der Waals surface area contributed by atoms with Gasteiger partial charge in [0.1, 0.15) is 11.3 Å². The number of hydrogen-bond acceptors (Lipinski definition) is 3. The highest BCUT2D eigenvalue weighted by Gasteiger charge is 2.23. The average Bonchev–Trinajstić information content (AvgIpc) is 2.69. The number of carbonyl (C=O) groups is 1. The number of hydrogen-bond donors (Lipinski definition) is 1. The number of furan rings is 1. The summed E-state index contributed by atoms with van der Waals surface area (Å²) in [5.74, 6) is -0.417. The molecular weight excluding hydrogens is 302 g/mol. The molecule has 1 aromatic carbocycles. The molecule has 0 aliphatic carbocycles. The van der Waals surface area contributed by atoms with Gasteiger partial charge in [0.05, 0.1) is 0 Å². The van der Waals surface area contributed by atoms with Crippen molar-refractivity contribution in [1.82, 2.24) is 4.90 Å². The standard InChI is InChI=1S/C17H16ClNO3/c1-2-8-19-9-7-11-13(18)3-4-15-17(11)12(10-19)14(22-15)5-6-16(20)21/h2-6H,1,7-10H2,(H,20,21)/b6-5+. The van der Waals surface area contributed by atoms with Gasteiger partial charge in [0.2, 0.25) is 0 Å². The molecule has 0 unspecified atom stereocenters. The molecule has 4 nitrogen and oxygen atoms in total. The van der Waals surface area contributed by atoms with E-state index in [1.165, 1.54) is 6.08 Å². The maximum Gasteiger partial charge on any atom is 0.328 e. The fraction of sp³-hybridized carbons (Fsp3) is 0.235. The summed E-state index contributed by atoms with van der Waals surface area (Å²) in [5.41, 5.74) is 2.81. The van der Waals surface area contributed by atoms with Crippen LogP contribution in [0.1, 0.15) is 16.9 Å². The number of nitrogens with zero attached hydrogens (tertiary/aromatic N) is 1. The van der Waals surface area contributed by atoms with E-state index in [1.807, 2.05) is 18.2 Å². The Bertz CT molecular complexity index is 776. The fourth-order valence-corrected chi connectivity index (χ4v) is 3.17. The van der Waals surface area contributed by atoms with Crippen LogP contribution in [0.5, 0.6) is 0 Å². The minimum atomic E-state index is -0.998. The predicted molar refractivity (Wildman–Crippen MR) is 87.1 cm³/mol. The molecule has 1 N–H and O–H groups in total. The highest BCUT2D eigenvalue weighted by atomic mass is 35.5. The monoisotopic (exact) mass is 317 g/mol. The number of halogens is 1. The minimum absolute atomic E-state index is 0.580. The van der Waals surface area contributed by atoms with Crippen LogP contribution in [0.2, 0.25) is 5.02 Å². The van der Waals surface area contributed by atoms with Crippen LogP contribution in [0.3, 0.4) is 0 Å². The maximum absolute atomic E-state index is 10.8. The predicted octanol–water partition coefficient (Wildman–Crippen LogP) is 3.73. The van der Waals surface area contributed by atoms with E-state index in [0.717, 1.165) is 52.7 Å². The number of carboxylic acid groups (broad SMARTS) is 1. The van der Waals surface area contributed by atoms with Crippen molar-refractivity contribution in [3.63, 3.8) is 0 Å². The maximum atomic E-state index is 10.8. The molecule has 22 heavy (non-hydrogen) atoms. The normalized spacial score (nSPS) is 15.3. The first-order chi connectivity index (χ1) is 10.6. The number of aliphatic carboxylic acids is 1. The van der Waals surface area contributed by atoms with E-state index in [2.05, 4.69) is 11.5 Å². The Balaban J connectivity index is 2.17. The lowest BCUT2D eigenvalue weighted by molar-refractivity contribution is -0.131. The van der Waals surface area contributed by atoms with Crippen molar-refractivity contribution in [3.05, 3.63) is 52.8 Å². The molecule has 0 saturated heterocycles. The van der Waals surface area contributed by atoms with Crippen LogP contribution < -0.4 is 0 Å². The molecule has 0 atom stereocenters. The largest absolute Gasteiger partial charge is 0.478 e. The summed E-state index contributed by atoms with van der Waals surface area (Å²) >= 11 is 6.35. The van der Waals surface area contributed by atoms with E-state index >= 15 is 0 Å². The van der Waals surface area contributed by atoms with Crippen LogP contribution >= 0.6 is 11.6 Å². The Kier molecular flexibility index (Phi) is 4.05. The van der Waals surface area contributed by atoms with Gasteiger partial charge in [-0.15, -0.1) is 6.58 Å². The first-order valence-corrected chi connectivity index (χ1v) is 7.45. The molecule has 0 bridgehead atoms. The van der Waals surface area contributed by atoms with E-state index in [0.29, 0.717) is 12.3 Å². The molecule has 0 radical (unpaired) electrons. The lowest BCUT2D eigenvalue weighted by Crippen LogP contribution is -2.24. The summed E-state index contributed by atoms with van der Waals surface area (Å²) in [5, 5.41) is 10.6. The third-order valence-electron chi connectivity index (χ3n) is 3.86. The molecule has 3 rings (SSSR count). The van der Waals surface area contributed by atoms with Crippen molar-refractivity contribution in [2.45, 2.75) is 13.0 Å². The average molecular weight is 318 g/mol. The smallest absolute Gasteiger partial charge is 0.328 e. The van der Waals surface area contributed by atoms with Gasteiger partial charge in [-0.2, -0.15) is 0 Å². The van der Waals surface area contributed by atoms with Crippen LogP contribution in [0, 0.1) is 0 Å². The SMILES string of the molecule is C=CCN1CCc2c(Cl)ccc3oc(/C=C/C(=O)O)c(c23)C1. The van der Waals surface area contributed by atoms with Gasteiger partial charge in [0.25, 0.3) is 0 Å². The Morgan fingerprint density at radius 2 is 2.27 bits per heavy atom. The lowest BCUT2D eigenvalue weighted by atomic mass is 10.0. The van der Waals surface area contributed by atoms with E-state index in [1.54, 1.807) is 0 Å². The Morgan fingerprint density at radius 3 is 3.00 bits per heavy atom. The second-order valence-electron chi connectivity index (χ2n) is 5.29. The quantitative estimate of drug-likeness (QED) is 0.689. The number of rotatable bonds is 4. The molecule has 1 aromatic heterocycles. The van der Waals surface area contributed by atoms with Crippen LogP contribution in [-0.2, 0) is 17.8 Å². The summed E-state index contributed by atoms with van der Waals surface area (Å²) < 4.78 is 5.84. The first kappa shape index (κ1) is 14.9. The molecule has 114 valence electrons. The molecular formula is C17H16ClNO3. The Morgan fingerprint density at radius 1 is 1.45 bits per heavy atom. The van der Waals surface area contributed by atoms with Gasteiger partial charge in [-0.25, -0.2) is 4.79 Å². The van der Waals surface area contributed by atoms with E-state index in [9.17, 15) is 4.79 Å². The van der Waals surface area contributed by atoms with Gasteiger partial charge in [-0.05, 0) is 30.2 Å². The molecule has 0 spiro atoms. The van der Waals surface area contributed by atoms with E-state index < -0.39 is 5.97 Å². The molecule has 0 fully saturated rings. The van der Waals surface area contributed by atoms with Gasteiger partial charge >= 0.3 is 5.97 Å². The minimum Gasteiger partial charge on any atom is -0.478 e. The van der Waals surface area contributed by atoms with Gasteiger partial charge in [-0.1, -0.05) is 17.7 Å². The van der Waals surface area contributed by atoms with Crippen molar-refractivity contribution in [2.75, 3.05) is 13.1 Å². The summed E-state index contributed by atoms with van der Waals surface area (Å²) in [6.45, 7) is 6.11. The summed E-state index contributed by atoms with van der Waals surface area (Å²) in [4.78, 5) is 13.0. The first-order valence-electron chi connectivity index (χ1n) is 7.07. The molecule has 0 saturated carbocycles. The Labute approximate surface area is 133 Å². The van der Waals surface area contributed by atoms with Crippen LogP contribution in [0.15, 0.2) is 35.3 Å².